The molecule has 0 atom stereocenters. The Morgan fingerprint density at radius 1 is 1.44 bits per heavy atom. The summed E-state index contributed by atoms with van der Waals surface area (Å²) in [6.07, 6.45) is 1.77. The first-order chi connectivity index (χ1) is 8.70. The Labute approximate surface area is 104 Å². The van der Waals surface area contributed by atoms with Gasteiger partial charge >= 0.3 is 0 Å². The molecule has 7 heteroatoms. The van der Waals surface area contributed by atoms with Crippen molar-refractivity contribution < 1.29 is 4.92 Å². The van der Waals surface area contributed by atoms with E-state index < -0.39 is 0 Å². The van der Waals surface area contributed by atoms with Gasteiger partial charge in [0.1, 0.15) is 0 Å². The SMILES string of the molecule is CNCc1cn(Cc2ccccc2[N+](=O)[O-])nn1. The predicted molar refractivity (Wildman–Crippen MR) is 65.0 cm³/mol. The summed E-state index contributed by atoms with van der Waals surface area (Å²) in [7, 11) is 1.82. The molecule has 0 fully saturated rings. The molecule has 7 nitrogen and oxygen atoms in total. The van der Waals surface area contributed by atoms with E-state index in [0.717, 1.165) is 5.69 Å². The quantitative estimate of drug-likeness (QED) is 0.628. The van der Waals surface area contributed by atoms with Gasteiger partial charge < -0.3 is 5.32 Å². The van der Waals surface area contributed by atoms with Crippen molar-refractivity contribution in [2.75, 3.05) is 7.05 Å². The Morgan fingerprint density at radius 3 is 2.94 bits per heavy atom. The summed E-state index contributed by atoms with van der Waals surface area (Å²) in [6, 6.07) is 6.63. The van der Waals surface area contributed by atoms with Crippen molar-refractivity contribution >= 4 is 5.69 Å². The second kappa shape index (κ2) is 5.37. The Kier molecular flexibility index (Phi) is 3.63. The molecule has 0 aliphatic carbocycles. The van der Waals surface area contributed by atoms with Gasteiger partial charge in [0.05, 0.1) is 28.9 Å². The molecule has 1 aromatic carbocycles. The molecule has 0 aliphatic heterocycles. The van der Waals surface area contributed by atoms with Crippen LogP contribution in [0.4, 0.5) is 5.69 Å². The largest absolute Gasteiger partial charge is 0.314 e. The van der Waals surface area contributed by atoms with Crippen LogP contribution in [0.15, 0.2) is 30.5 Å². The lowest BCUT2D eigenvalue weighted by molar-refractivity contribution is -0.385. The highest BCUT2D eigenvalue weighted by molar-refractivity contribution is 5.39. The van der Waals surface area contributed by atoms with Gasteiger partial charge in [-0.15, -0.1) is 5.10 Å². The van der Waals surface area contributed by atoms with Crippen molar-refractivity contribution in [1.82, 2.24) is 20.3 Å². The van der Waals surface area contributed by atoms with E-state index in [9.17, 15) is 10.1 Å². The number of nitro groups is 1. The highest BCUT2D eigenvalue weighted by atomic mass is 16.6. The maximum absolute atomic E-state index is 10.9. The molecular weight excluding hydrogens is 234 g/mol. The lowest BCUT2D eigenvalue weighted by Gasteiger charge is -2.01. The van der Waals surface area contributed by atoms with Crippen molar-refractivity contribution in [3.8, 4) is 0 Å². The molecule has 0 bridgehead atoms. The molecule has 1 heterocycles. The number of hydrogen-bond donors (Lipinski definition) is 1. The van der Waals surface area contributed by atoms with E-state index in [2.05, 4.69) is 15.6 Å². The van der Waals surface area contributed by atoms with Crippen molar-refractivity contribution in [3.63, 3.8) is 0 Å². The fourth-order valence-corrected chi connectivity index (χ4v) is 1.68. The number of hydrogen-bond acceptors (Lipinski definition) is 5. The average Bonchev–Trinajstić information content (AvgIpc) is 2.77. The molecule has 94 valence electrons. The smallest absolute Gasteiger partial charge is 0.274 e. The Morgan fingerprint density at radius 2 is 2.22 bits per heavy atom. The van der Waals surface area contributed by atoms with Gasteiger partial charge in [0, 0.05) is 12.6 Å². The van der Waals surface area contributed by atoms with Crippen LogP contribution in [0, 0.1) is 10.1 Å². The Bertz CT molecular complexity index is 552. The molecule has 0 saturated heterocycles. The summed E-state index contributed by atoms with van der Waals surface area (Å²) in [5.74, 6) is 0. The van der Waals surface area contributed by atoms with Crippen molar-refractivity contribution in [2.45, 2.75) is 13.1 Å². The van der Waals surface area contributed by atoms with E-state index >= 15 is 0 Å². The second-order valence-electron chi connectivity index (χ2n) is 3.82. The summed E-state index contributed by atoms with van der Waals surface area (Å²) in [5.41, 5.74) is 1.52. The number of para-hydroxylation sites is 1. The zero-order chi connectivity index (χ0) is 13.0. The molecule has 2 aromatic rings. The summed E-state index contributed by atoms with van der Waals surface area (Å²) in [6.45, 7) is 0.963. The van der Waals surface area contributed by atoms with E-state index in [4.69, 9.17) is 0 Å². The van der Waals surface area contributed by atoms with Gasteiger partial charge in [0.2, 0.25) is 0 Å². The van der Waals surface area contributed by atoms with Gasteiger partial charge in [-0.3, -0.25) is 10.1 Å². The first-order valence-electron chi connectivity index (χ1n) is 5.46. The minimum atomic E-state index is -0.388. The molecule has 0 aliphatic rings. The Hall–Kier alpha value is -2.28. The Balaban J connectivity index is 2.20. The molecule has 0 radical (unpaired) electrons. The van der Waals surface area contributed by atoms with Crippen LogP contribution in [-0.2, 0) is 13.1 Å². The number of aromatic nitrogens is 3. The number of rotatable bonds is 5. The zero-order valence-electron chi connectivity index (χ0n) is 9.91. The molecule has 1 N–H and O–H groups in total. The fraction of sp³-hybridized carbons (Fsp3) is 0.273. The minimum absolute atomic E-state index is 0.100. The second-order valence-corrected chi connectivity index (χ2v) is 3.82. The first-order valence-corrected chi connectivity index (χ1v) is 5.46. The van der Waals surface area contributed by atoms with Crippen LogP contribution in [-0.4, -0.2) is 27.0 Å². The number of benzene rings is 1. The van der Waals surface area contributed by atoms with Gasteiger partial charge in [-0.1, -0.05) is 23.4 Å². The normalized spacial score (nSPS) is 10.5. The third-order valence-corrected chi connectivity index (χ3v) is 2.46. The third kappa shape index (κ3) is 2.69. The van der Waals surface area contributed by atoms with Crippen LogP contribution in [0.5, 0.6) is 0 Å². The summed E-state index contributed by atoms with van der Waals surface area (Å²) >= 11 is 0. The first kappa shape index (κ1) is 12.2. The van der Waals surface area contributed by atoms with Crippen molar-refractivity contribution in [1.29, 1.82) is 0 Å². The van der Waals surface area contributed by atoms with Gasteiger partial charge in [0.15, 0.2) is 0 Å². The monoisotopic (exact) mass is 247 g/mol. The van der Waals surface area contributed by atoms with Crippen molar-refractivity contribution in [3.05, 3.63) is 51.8 Å². The molecule has 0 amide bonds. The van der Waals surface area contributed by atoms with E-state index in [-0.39, 0.29) is 10.6 Å². The van der Waals surface area contributed by atoms with Crippen LogP contribution in [0.2, 0.25) is 0 Å². The van der Waals surface area contributed by atoms with Crippen LogP contribution in [0.1, 0.15) is 11.3 Å². The van der Waals surface area contributed by atoms with Crippen molar-refractivity contribution in [2.24, 2.45) is 0 Å². The van der Waals surface area contributed by atoms with Gasteiger partial charge in [-0.05, 0) is 7.05 Å². The number of nitro benzene ring substituents is 1. The standard InChI is InChI=1S/C11H13N5O2/c1-12-6-10-8-15(14-13-10)7-9-4-2-3-5-11(9)16(17)18/h2-5,8,12H,6-7H2,1H3. The maximum Gasteiger partial charge on any atom is 0.274 e. The topological polar surface area (TPSA) is 85.9 Å². The lowest BCUT2D eigenvalue weighted by atomic mass is 10.2. The highest BCUT2D eigenvalue weighted by Gasteiger charge is 2.13. The van der Waals surface area contributed by atoms with E-state index in [1.165, 1.54) is 6.07 Å². The maximum atomic E-state index is 10.9. The van der Waals surface area contributed by atoms with E-state index in [0.29, 0.717) is 18.7 Å². The lowest BCUT2D eigenvalue weighted by Crippen LogP contribution is -2.05. The highest BCUT2D eigenvalue weighted by Crippen LogP contribution is 2.18. The fourth-order valence-electron chi connectivity index (χ4n) is 1.68. The predicted octanol–water partition coefficient (Wildman–Crippen LogP) is 0.954. The van der Waals surface area contributed by atoms with Crippen LogP contribution < -0.4 is 5.32 Å². The number of nitrogens with one attached hydrogen (secondary N) is 1. The van der Waals surface area contributed by atoms with E-state index in [1.54, 1.807) is 29.1 Å². The molecule has 0 unspecified atom stereocenters. The summed E-state index contributed by atoms with van der Waals surface area (Å²) in [5, 5.41) is 21.7. The van der Waals surface area contributed by atoms with Crippen LogP contribution in [0.3, 0.4) is 0 Å². The minimum Gasteiger partial charge on any atom is -0.314 e. The molecular formula is C11H13N5O2. The van der Waals surface area contributed by atoms with Gasteiger partial charge in [-0.2, -0.15) is 0 Å². The average molecular weight is 247 g/mol. The molecule has 0 spiro atoms. The molecule has 18 heavy (non-hydrogen) atoms. The molecule has 0 saturated carbocycles. The summed E-state index contributed by atoms with van der Waals surface area (Å²) < 4.78 is 1.59. The van der Waals surface area contributed by atoms with E-state index in [1.807, 2.05) is 7.05 Å². The third-order valence-electron chi connectivity index (χ3n) is 2.46. The van der Waals surface area contributed by atoms with Gasteiger partial charge in [-0.25, -0.2) is 4.68 Å². The molecule has 1 aromatic heterocycles. The molecule has 2 rings (SSSR count). The van der Waals surface area contributed by atoms with Crippen LogP contribution in [0.25, 0.3) is 0 Å². The van der Waals surface area contributed by atoms with Crippen LogP contribution >= 0.6 is 0 Å². The number of nitrogens with zero attached hydrogens (tertiary/aromatic N) is 4. The summed E-state index contributed by atoms with van der Waals surface area (Å²) in [4.78, 5) is 10.5. The zero-order valence-corrected chi connectivity index (χ0v) is 9.91. The van der Waals surface area contributed by atoms with Gasteiger partial charge in [0.25, 0.3) is 5.69 Å².